The number of anilines is 1. The SMILES string of the molecule is Fc1ccc(NC(c2ccc(F)cc2)c2ncco2)cc1. The van der Waals surface area contributed by atoms with Crippen LogP contribution in [0.15, 0.2) is 65.4 Å². The second-order valence-electron chi connectivity index (χ2n) is 4.51. The van der Waals surface area contributed by atoms with E-state index in [1.165, 1.54) is 36.7 Å². The lowest BCUT2D eigenvalue weighted by molar-refractivity contribution is 0.483. The van der Waals surface area contributed by atoms with Gasteiger partial charge in [0.05, 0.1) is 6.20 Å². The molecule has 0 radical (unpaired) electrons. The summed E-state index contributed by atoms with van der Waals surface area (Å²) in [6.45, 7) is 0. The molecule has 0 saturated carbocycles. The van der Waals surface area contributed by atoms with Crippen LogP contribution in [0.25, 0.3) is 0 Å². The van der Waals surface area contributed by atoms with Crippen molar-refractivity contribution in [1.82, 2.24) is 4.98 Å². The molecule has 0 spiro atoms. The molecule has 1 N–H and O–H groups in total. The molecule has 0 aliphatic heterocycles. The Balaban J connectivity index is 1.93. The first-order valence-corrected chi connectivity index (χ1v) is 6.39. The van der Waals surface area contributed by atoms with Gasteiger partial charge in [-0.25, -0.2) is 13.8 Å². The van der Waals surface area contributed by atoms with Gasteiger partial charge in [0.25, 0.3) is 0 Å². The van der Waals surface area contributed by atoms with Crippen LogP contribution >= 0.6 is 0 Å². The zero-order chi connectivity index (χ0) is 14.7. The van der Waals surface area contributed by atoms with Gasteiger partial charge in [0.2, 0.25) is 5.89 Å². The van der Waals surface area contributed by atoms with Gasteiger partial charge in [-0.3, -0.25) is 0 Å². The molecule has 0 fully saturated rings. The predicted molar refractivity (Wildman–Crippen MR) is 74.8 cm³/mol. The maximum atomic E-state index is 13.1. The van der Waals surface area contributed by atoms with Crippen LogP contribution < -0.4 is 5.32 Å². The summed E-state index contributed by atoms with van der Waals surface area (Å²) in [6, 6.07) is 11.6. The molecule has 1 aromatic heterocycles. The Morgan fingerprint density at radius 3 is 2.10 bits per heavy atom. The van der Waals surface area contributed by atoms with Crippen molar-refractivity contribution in [2.24, 2.45) is 0 Å². The average Bonchev–Trinajstić information content (AvgIpc) is 3.02. The second-order valence-corrected chi connectivity index (χ2v) is 4.51. The molecule has 3 aromatic rings. The summed E-state index contributed by atoms with van der Waals surface area (Å²) in [4.78, 5) is 4.13. The number of nitrogens with zero attached hydrogens (tertiary/aromatic N) is 1. The summed E-state index contributed by atoms with van der Waals surface area (Å²) in [7, 11) is 0. The Labute approximate surface area is 120 Å². The van der Waals surface area contributed by atoms with E-state index in [9.17, 15) is 8.78 Å². The van der Waals surface area contributed by atoms with Crippen molar-refractivity contribution in [3.63, 3.8) is 0 Å². The van der Waals surface area contributed by atoms with Crippen molar-refractivity contribution in [2.45, 2.75) is 6.04 Å². The summed E-state index contributed by atoms with van der Waals surface area (Å²) >= 11 is 0. The van der Waals surface area contributed by atoms with E-state index in [1.54, 1.807) is 24.3 Å². The molecule has 1 heterocycles. The van der Waals surface area contributed by atoms with Gasteiger partial charge < -0.3 is 9.73 Å². The average molecular weight is 286 g/mol. The summed E-state index contributed by atoms with van der Waals surface area (Å²) < 4.78 is 31.4. The highest BCUT2D eigenvalue weighted by Gasteiger charge is 2.18. The van der Waals surface area contributed by atoms with E-state index in [-0.39, 0.29) is 17.7 Å². The Bertz CT molecular complexity index is 694. The normalized spacial score (nSPS) is 12.1. The van der Waals surface area contributed by atoms with Gasteiger partial charge in [0.15, 0.2) is 0 Å². The lowest BCUT2D eigenvalue weighted by Crippen LogP contribution is -2.12. The first kappa shape index (κ1) is 13.3. The number of benzene rings is 2. The van der Waals surface area contributed by atoms with Crippen LogP contribution in [0.5, 0.6) is 0 Å². The predicted octanol–water partition coefficient (Wildman–Crippen LogP) is 4.15. The molecule has 106 valence electrons. The number of oxazole rings is 1. The highest BCUT2D eigenvalue weighted by molar-refractivity contribution is 5.47. The van der Waals surface area contributed by atoms with E-state index in [4.69, 9.17) is 4.42 Å². The molecule has 0 bridgehead atoms. The summed E-state index contributed by atoms with van der Waals surface area (Å²) in [6.07, 6.45) is 3.01. The molecule has 1 unspecified atom stereocenters. The van der Waals surface area contributed by atoms with Crippen LogP contribution in [0.4, 0.5) is 14.5 Å². The van der Waals surface area contributed by atoms with E-state index in [0.717, 1.165) is 5.56 Å². The third-order valence-corrected chi connectivity index (χ3v) is 3.06. The number of nitrogens with one attached hydrogen (secondary N) is 1. The van der Waals surface area contributed by atoms with E-state index in [0.29, 0.717) is 11.6 Å². The summed E-state index contributed by atoms with van der Waals surface area (Å²) in [5, 5.41) is 3.20. The monoisotopic (exact) mass is 286 g/mol. The van der Waals surface area contributed by atoms with Crippen molar-refractivity contribution in [2.75, 3.05) is 5.32 Å². The molecule has 0 amide bonds. The Hall–Kier alpha value is -2.69. The van der Waals surface area contributed by atoms with Crippen molar-refractivity contribution >= 4 is 5.69 Å². The van der Waals surface area contributed by atoms with Crippen LogP contribution in [0.3, 0.4) is 0 Å². The smallest absolute Gasteiger partial charge is 0.221 e. The topological polar surface area (TPSA) is 38.1 Å². The fraction of sp³-hybridized carbons (Fsp3) is 0.0625. The second kappa shape index (κ2) is 5.75. The number of halogens is 2. The Morgan fingerprint density at radius 1 is 0.905 bits per heavy atom. The minimum absolute atomic E-state index is 0.310. The zero-order valence-electron chi connectivity index (χ0n) is 11.0. The van der Waals surface area contributed by atoms with E-state index < -0.39 is 0 Å². The minimum atomic E-state index is -0.383. The quantitative estimate of drug-likeness (QED) is 0.782. The molecule has 2 aromatic carbocycles. The van der Waals surface area contributed by atoms with E-state index >= 15 is 0 Å². The van der Waals surface area contributed by atoms with Crippen LogP contribution in [-0.2, 0) is 0 Å². The minimum Gasteiger partial charge on any atom is -0.446 e. The maximum absolute atomic E-state index is 13.1. The standard InChI is InChI=1S/C16H12F2N2O/c17-12-3-1-11(2-4-12)15(16-19-9-10-21-16)20-14-7-5-13(18)6-8-14/h1-10,15,20H. The molecule has 3 nitrogen and oxygen atoms in total. The first-order valence-electron chi connectivity index (χ1n) is 6.39. The third-order valence-electron chi connectivity index (χ3n) is 3.06. The molecular formula is C16H12F2N2O. The maximum Gasteiger partial charge on any atom is 0.221 e. The fourth-order valence-electron chi connectivity index (χ4n) is 2.03. The number of hydrogen-bond donors (Lipinski definition) is 1. The van der Waals surface area contributed by atoms with Crippen molar-refractivity contribution in [3.8, 4) is 0 Å². The molecular weight excluding hydrogens is 274 g/mol. The largest absolute Gasteiger partial charge is 0.446 e. The van der Waals surface area contributed by atoms with Gasteiger partial charge in [-0.1, -0.05) is 12.1 Å². The van der Waals surface area contributed by atoms with Crippen molar-refractivity contribution in [1.29, 1.82) is 0 Å². The molecule has 0 aliphatic carbocycles. The lowest BCUT2D eigenvalue weighted by Gasteiger charge is -2.17. The molecule has 0 aliphatic rings. The number of hydrogen-bond acceptors (Lipinski definition) is 3. The van der Waals surface area contributed by atoms with Gasteiger partial charge in [-0.2, -0.15) is 0 Å². The first-order chi connectivity index (χ1) is 10.2. The molecule has 1 atom stereocenters. The van der Waals surface area contributed by atoms with Crippen LogP contribution in [-0.4, -0.2) is 4.98 Å². The van der Waals surface area contributed by atoms with Gasteiger partial charge >= 0.3 is 0 Å². The highest BCUT2D eigenvalue weighted by Crippen LogP contribution is 2.26. The zero-order valence-corrected chi connectivity index (χ0v) is 11.0. The molecule has 0 saturated heterocycles. The van der Waals surface area contributed by atoms with Crippen LogP contribution in [0.1, 0.15) is 17.5 Å². The van der Waals surface area contributed by atoms with Gasteiger partial charge in [-0.15, -0.1) is 0 Å². The molecule has 21 heavy (non-hydrogen) atoms. The third kappa shape index (κ3) is 3.08. The lowest BCUT2D eigenvalue weighted by atomic mass is 10.1. The Kier molecular flexibility index (Phi) is 3.64. The summed E-state index contributed by atoms with van der Waals surface area (Å²) in [5.74, 6) is -0.173. The van der Waals surface area contributed by atoms with E-state index in [1.807, 2.05) is 0 Å². The van der Waals surface area contributed by atoms with Gasteiger partial charge in [-0.05, 0) is 42.0 Å². The number of aromatic nitrogens is 1. The van der Waals surface area contributed by atoms with Crippen molar-refractivity contribution < 1.29 is 13.2 Å². The summed E-state index contributed by atoms with van der Waals surface area (Å²) in [5.41, 5.74) is 1.51. The van der Waals surface area contributed by atoms with Crippen LogP contribution in [0, 0.1) is 11.6 Å². The Morgan fingerprint density at radius 2 is 1.52 bits per heavy atom. The molecule has 5 heteroatoms. The van der Waals surface area contributed by atoms with E-state index in [2.05, 4.69) is 10.3 Å². The molecule has 3 rings (SSSR count). The number of rotatable bonds is 4. The van der Waals surface area contributed by atoms with Crippen molar-refractivity contribution in [3.05, 3.63) is 84.1 Å². The van der Waals surface area contributed by atoms with Crippen LogP contribution in [0.2, 0.25) is 0 Å². The van der Waals surface area contributed by atoms with Gasteiger partial charge in [0, 0.05) is 5.69 Å². The van der Waals surface area contributed by atoms with Gasteiger partial charge in [0.1, 0.15) is 23.9 Å². The highest BCUT2D eigenvalue weighted by atomic mass is 19.1. The fourth-order valence-corrected chi connectivity index (χ4v) is 2.03.